The summed E-state index contributed by atoms with van der Waals surface area (Å²) in [4.78, 5) is 32.2. The van der Waals surface area contributed by atoms with Crippen molar-refractivity contribution in [3.63, 3.8) is 0 Å². The summed E-state index contributed by atoms with van der Waals surface area (Å²) in [6, 6.07) is 7.09. The highest BCUT2D eigenvalue weighted by Crippen LogP contribution is 2.28. The topological polar surface area (TPSA) is 115 Å². The monoisotopic (exact) mass is 355 g/mol. The molecule has 1 amide bonds. The van der Waals surface area contributed by atoms with Crippen LogP contribution in [0.4, 0.5) is 17.1 Å². The number of carbonyl (C=O) groups is 1. The van der Waals surface area contributed by atoms with Gasteiger partial charge in [-0.3, -0.25) is 25.0 Å². The maximum absolute atomic E-state index is 12.1. The van der Waals surface area contributed by atoms with E-state index < -0.39 is 21.4 Å². The maximum Gasteiger partial charge on any atom is 0.288 e. The summed E-state index contributed by atoms with van der Waals surface area (Å²) in [6.45, 7) is 0. The van der Waals surface area contributed by atoms with Gasteiger partial charge in [-0.05, 0) is 18.2 Å². The summed E-state index contributed by atoms with van der Waals surface area (Å²) in [7, 11) is 0. The third kappa shape index (κ3) is 3.74. The summed E-state index contributed by atoms with van der Waals surface area (Å²) >= 11 is 11.5. The number of amides is 1. The van der Waals surface area contributed by atoms with Crippen molar-refractivity contribution >= 4 is 46.2 Å². The van der Waals surface area contributed by atoms with E-state index in [1.54, 1.807) is 0 Å². The summed E-state index contributed by atoms with van der Waals surface area (Å²) in [5.41, 5.74) is -0.500. The van der Waals surface area contributed by atoms with Gasteiger partial charge in [0, 0.05) is 23.8 Å². The Balaban J connectivity index is 2.27. The minimum atomic E-state index is -0.710. The second-order valence-corrected chi connectivity index (χ2v) is 5.11. The average Bonchev–Trinajstić information content (AvgIpc) is 2.49. The van der Waals surface area contributed by atoms with Gasteiger partial charge in [0.05, 0.1) is 20.6 Å². The number of nitrogens with one attached hydrogen (secondary N) is 1. The van der Waals surface area contributed by atoms with Crippen LogP contribution < -0.4 is 5.32 Å². The van der Waals surface area contributed by atoms with Gasteiger partial charge in [-0.25, -0.2) is 0 Å². The molecular weight excluding hydrogens is 349 g/mol. The first-order valence-corrected chi connectivity index (χ1v) is 6.74. The number of non-ortho nitro benzene ring substituents is 1. The van der Waals surface area contributed by atoms with Crippen LogP contribution in [-0.4, -0.2) is 15.8 Å². The largest absolute Gasteiger partial charge is 0.321 e. The lowest BCUT2D eigenvalue weighted by atomic mass is 10.2. The van der Waals surface area contributed by atoms with Gasteiger partial charge in [-0.15, -0.1) is 0 Å². The molecule has 0 aliphatic heterocycles. The number of rotatable bonds is 4. The second kappa shape index (κ2) is 6.59. The lowest BCUT2D eigenvalue weighted by molar-refractivity contribution is -0.384. The Bertz CT molecular complexity index is 825. The first-order chi connectivity index (χ1) is 10.8. The number of hydrogen-bond acceptors (Lipinski definition) is 5. The van der Waals surface area contributed by atoms with Crippen LogP contribution in [0.15, 0.2) is 36.4 Å². The molecule has 0 aromatic heterocycles. The van der Waals surface area contributed by atoms with Crippen molar-refractivity contribution < 1.29 is 14.6 Å². The molecule has 0 saturated carbocycles. The van der Waals surface area contributed by atoms with Gasteiger partial charge >= 0.3 is 0 Å². The quantitative estimate of drug-likeness (QED) is 0.655. The highest BCUT2D eigenvalue weighted by molar-refractivity contribution is 6.34. The Morgan fingerprint density at radius 1 is 0.957 bits per heavy atom. The van der Waals surface area contributed by atoms with Gasteiger partial charge in [-0.1, -0.05) is 23.2 Å². The van der Waals surface area contributed by atoms with Gasteiger partial charge in [0.15, 0.2) is 0 Å². The molecule has 0 heterocycles. The minimum absolute atomic E-state index is 0.00415. The summed E-state index contributed by atoms with van der Waals surface area (Å²) in [6.07, 6.45) is 0. The van der Waals surface area contributed by atoms with Crippen LogP contribution in [0, 0.1) is 20.2 Å². The molecule has 8 nitrogen and oxygen atoms in total. The lowest BCUT2D eigenvalue weighted by Gasteiger charge is -2.07. The van der Waals surface area contributed by atoms with Crippen molar-refractivity contribution in [2.75, 3.05) is 5.32 Å². The predicted molar refractivity (Wildman–Crippen MR) is 84.2 cm³/mol. The number of hydrogen-bond donors (Lipinski definition) is 1. The summed E-state index contributed by atoms with van der Waals surface area (Å²) in [5.74, 6) is -0.666. The molecule has 0 spiro atoms. The number of halogens is 2. The molecule has 1 N–H and O–H groups in total. The van der Waals surface area contributed by atoms with Gasteiger partial charge in [0.1, 0.15) is 5.02 Å². The van der Waals surface area contributed by atoms with E-state index in [2.05, 4.69) is 5.32 Å². The summed E-state index contributed by atoms with van der Waals surface area (Å²) < 4.78 is 0. The Morgan fingerprint density at radius 3 is 2.22 bits per heavy atom. The second-order valence-electron chi connectivity index (χ2n) is 4.30. The van der Waals surface area contributed by atoms with E-state index in [0.717, 1.165) is 12.1 Å². The molecule has 118 valence electrons. The van der Waals surface area contributed by atoms with Crippen LogP contribution in [0.25, 0.3) is 0 Å². The molecule has 0 unspecified atom stereocenters. The van der Waals surface area contributed by atoms with E-state index in [4.69, 9.17) is 23.2 Å². The van der Waals surface area contributed by atoms with E-state index in [1.807, 2.05) is 0 Å². The highest BCUT2D eigenvalue weighted by Gasteiger charge is 2.17. The molecule has 0 aliphatic rings. The molecular formula is C13H7Cl2N3O5. The molecule has 2 aromatic carbocycles. The number of nitrogens with zero attached hydrogens (tertiary/aromatic N) is 2. The van der Waals surface area contributed by atoms with Crippen LogP contribution in [0.1, 0.15) is 10.4 Å². The van der Waals surface area contributed by atoms with E-state index >= 15 is 0 Å². The number of carbonyl (C=O) groups excluding carboxylic acids is 1. The Labute approximate surface area is 138 Å². The van der Waals surface area contributed by atoms with E-state index in [1.165, 1.54) is 24.3 Å². The van der Waals surface area contributed by atoms with E-state index in [-0.39, 0.29) is 27.0 Å². The first kappa shape index (κ1) is 16.7. The fraction of sp³-hybridized carbons (Fsp3) is 0. The molecule has 0 bridgehead atoms. The molecule has 0 atom stereocenters. The lowest BCUT2D eigenvalue weighted by Crippen LogP contribution is -2.12. The molecule has 23 heavy (non-hydrogen) atoms. The molecule has 10 heteroatoms. The fourth-order valence-corrected chi connectivity index (χ4v) is 2.12. The zero-order chi connectivity index (χ0) is 17.1. The maximum atomic E-state index is 12.1. The number of benzene rings is 2. The van der Waals surface area contributed by atoms with Gasteiger partial charge in [0.2, 0.25) is 0 Å². The molecule has 0 saturated heterocycles. The zero-order valence-corrected chi connectivity index (χ0v) is 12.7. The van der Waals surface area contributed by atoms with Crippen molar-refractivity contribution in [3.8, 4) is 0 Å². The smallest absolute Gasteiger partial charge is 0.288 e. The van der Waals surface area contributed by atoms with Crippen LogP contribution in [0.2, 0.25) is 10.0 Å². The van der Waals surface area contributed by atoms with E-state index in [9.17, 15) is 25.0 Å². The fourth-order valence-electron chi connectivity index (χ4n) is 1.71. The van der Waals surface area contributed by atoms with Crippen molar-refractivity contribution in [1.29, 1.82) is 0 Å². The Hall–Kier alpha value is -2.71. The average molecular weight is 356 g/mol. The van der Waals surface area contributed by atoms with Crippen molar-refractivity contribution in [3.05, 3.63) is 72.2 Å². The van der Waals surface area contributed by atoms with Crippen LogP contribution in [0.3, 0.4) is 0 Å². The third-order valence-electron chi connectivity index (χ3n) is 2.82. The molecule has 0 fully saturated rings. The van der Waals surface area contributed by atoms with E-state index in [0.29, 0.717) is 0 Å². The van der Waals surface area contributed by atoms with Crippen molar-refractivity contribution in [2.24, 2.45) is 0 Å². The van der Waals surface area contributed by atoms with Crippen molar-refractivity contribution in [2.45, 2.75) is 0 Å². The third-order valence-corrected chi connectivity index (χ3v) is 3.45. The van der Waals surface area contributed by atoms with Gasteiger partial charge in [-0.2, -0.15) is 0 Å². The highest BCUT2D eigenvalue weighted by atomic mass is 35.5. The predicted octanol–water partition coefficient (Wildman–Crippen LogP) is 4.06. The molecule has 2 aromatic rings. The number of anilines is 1. The minimum Gasteiger partial charge on any atom is -0.321 e. The van der Waals surface area contributed by atoms with Gasteiger partial charge < -0.3 is 5.32 Å². The first-order valence-electron chi connectivity index (χ1n) is 5.99. The van der Waals surface area contributed by atoms with Gasteiger partial charge in [0.25, 0.3) is 17.3 Å². The molecule has 0 radical (unpaired) electrons. The van der Waals surface area contributed by atoms with Crippen LogP contribution in [-0.2, 0) is 0 Å². The number of nitro groups is 2. The Kier molecular flexibility index (Phi) is 4.77. The SMILES string of the molecule is O=C(Nc1ccc([N+](=O)[O-])cc1Cl)c1ccc(Cl)c([N+](=O)[O-])c1. The molecule has 0 aliphatic carbocycles. The summed E-state index contributed by atoms with van der Waals surface area (Å²) in [5, 5.41) is 23.7. The molecule has 2 rings (SSSR count). The van der Waals surface area contributed by atoms with Crippen molar-refractivity contribution in [1.82, 2.24) is 0 Å². The normalized spacial score (nSPS) is 10.2. The number of nitro benzene ring substituents is 2. The zero-order valence-electron chi connectivity index (χ0n) is 11.2. The van der Waals surface area contributed by atoms with Crippen LogP contribution in [0.5, 0.6) is 0 Å². The van der Waals surface area contributed by atoms with Crippen LogP contribution >= 0.6 is 23.2 Å². The standard InChI is InChI=1S/C13H7Cl2N3O5/c14-9-3-1-7(5-12(9)18(22)23)13(19)16-11-4-2-8(17(20)21)6-10(11)15/h1-6H,(H,16,19). The Morgan fingerprint density at radius 2 is 1.65 bits per heavy atom.